The molecule has 2 heterocycles. The summed E-state index contributed by atoms with van der Waals surface area (Å²) in [5.41, 5.74) is 0. The molecule has 2 saturated heterocycles. The van der Waals surface area contributed by atoms with Crippen LogP contribution in [0.1, 0.15) is 52.4 Å². The molecule has 0 saturated carbocycles. The fourth-order valence-electron chi connectivity index (χ4n) is 3.95. The molecule has 0 aromatic heterocycles. The summed E-state index contributed by atoms with van der Waals surface area (Å²) in [5, 5.41) is 6.55. The van der Waals surface area contributed by atoms with Crippen molar-refractivity contribution in [3.63, 3.8) is 0 Å². The van der Waals surface area contributed by atoms with Crippen LogP contribution in [-0.4, -0.2) is 50.1 Å². The van der Waals surface area contributed by atoms with E-state index in [0.29, 0.717) is 12.3 Å². The summed E-state index contributed by atoms with van der Waals surface area (Å²) in [6.45, 7) is 11.2. The number of nitrogens with one attached hydrogen (secondary N) is 2. The van der Waals surface area contributed by atoms with Gasteiger partial charge in [-0.2, -0.15) is 0 Å². The van der Waals surface area contributed by atoms with Crippen LogP contribution in [-0.2, 0) is 4.79 Å². The molecule has 2 aliphatic heterocycles. The Hall–Kier alpha value is -0.610. The normalized spacial score (nSPS) is 23.4. The van der Waals surface area contributed by atoms with Gasteiger partial charge in [-0.3, -0.25) is 4.79 Å². The minimum Gasteiger partial charge on any atom is -0.356 e. The predicted molar refractivity (Wildman–Crippen MR) is 91.8 cm³/mol. The highest BCUT2D eigenvalue weighted by molar-refractivity contribution is 5.76. The summed E-state index contributed by atoms with van der Waals surface area (Å²) in [6.07, 6.45) is 6.92. The zero-order valence-corrected chi connectivity index (χ0v) is 14.6. The molecule has 22 heavy (non-hydrogen) atoms. The van der Waals surface area contributed by atoms with Crippen molar-refractivity contribution in [3.05, 3.63) is 0 Å². The van der Waals surface area contributed by atoms with Gasteiger partial charge < -0.3 is 15.5 Å². The second kappa shape index (κ2) is 9.51. The lowest BCUT2D eigenvalue weighted by Gasteiger charge is -2.31. The molecule has 2 aliphatic rings. The first-order chi connectivity index (χ1) is 10.7. The fourth-order valence-corrected chi connectivity index (χ4v) is 3.95. The molecule has 128 valence electrons. The van der Waals surface area contributed by atoms with Crippen molar-refractivity contribution in [3.8, 4) is 0 Å². The highest BCUT2D eigenvalue weighted by atomic mass is 16.1. The predicted octanol–water partition coefficient (Wildman–Crippen LogP) is 2.25. The summed E-state index contributed by atoms with van der Waals surface area (Å²) in [4.78, 5) is 14.6. The lowest BCUT2D eigenvalue weighted by molar-refractivity contribution is -0.122. The number of likely N-dealkylation sites (tertiary alicyclic amines) is 1. The summed E-state index contributed by atoms with van der Waals surface area (Å²) in [7, 11) is 0. The zero-order chi connectivity index (χ0) is 15.8. The third kappa shape index (κ3) is 5.88. The van der Waals surface area contributed by atoms with E-state index in [1.54, 1.807) is 0 Å². The lowest BCUT2D eigenvalue weighted by Crippen LogP contribution is -2.36. The summed E-state index contributed by atoms with van der Waals surface area (Å²) >= 11 is 0. The van der Waals surface area contributed by atoms with E-state index in [2.05, 4.69) is 29.4 Å². The van der Waals surface area contributed by atoms with Gasteiger partial charge in [0.05, 0.1) is 0 Å². The fraction of sp³-hybridized carbons (Fsp3) is 0.944. The molecular weight excluding hydrogens is 274 g/mol. The summed E-state index contributed by atoms with van der Waals surface area (Å²) < 4.78 is 0. The van der Waals surface area contributed by atoms with E-state index in [1.807, 2.05) is 0 Å². The van der Waals surface area contributed by atoms with Gasteiger partial charge in [0.1, 0.15) is 0 Å². The van der Waals surface area contributed by atoms with E-state index in [0.717, 1.165) is 37.9 Å². The number of carbonyl (C=O) groups is 1. The third-order valence-electron chi connectivity index (χ3n) is 5.73. The molecule has 1 atom stereocenters. The number of nitrogens with zero attached hydrogens (tertiary/aromatic N) is 1. The Morgan fingerprint density at radius 2 is 1.91 bits per heavy atom. The van der Waals surface area contributed by atoms with Crippen molar-refractivity contribution in [1.82, 2.24) is 15.5 Å². The average molecular weight is 309 g/mol. The molecule has 4 heteroatoms. The molecule has 0 bridgehead atoms. The number of carbonyl (C=O) groups excluding carboxylic acids is 1. The molecule has 0 aromatic rings. The largest absolute Gasteiger partial charge is 0.356 e. The maximum Gasteiger partial charge on any atom is 0.220 e. The lowest BCUT2D eigenvalue weighted by atomic mass is 9.84. The van der Waals surface area contributed by atoms with Crippen LogP contribution in [0.25, 0.3) is 0 Å². The van der Waals surface area contributed by atoms with Crippen LogP contribution >= 0.6 is 0 Å². The Balaban J connectivity index is 1.55. The van der Waals surface area contributed by atoms with E-state index in [4.69, 9.17) is 0 Å². The van der Waals surface area contributed by atoms with E-state index in [1.165, 1.54) is 45.3 Å². The number of hydrogen-bond donors (Lipinski definition) is 2. The van der Waals surface area contributed by atoms with Crippen LogP contribution < -0.4 is 10.6 Å². The first kappa shape index (κ1) is 17.7. The standard InChI is InChI=1S/C18H35N3O/c1-3-21-12-7-16(8-13-21)4-11-20-18(22)14-15(2)17-5-9-19-10-6-17/h15-17,19H,3-14H2,1-2H3,(H,20,22). The number of hydrogen-bond acceptors (Lipinski definition) is 3. The Morgan fingerprint density at radius 3 is 2.55 bits per heavy atom. The molecular formula is C18H35N3O. The van der Waals surface area contributed by atoms with Gasteiger partial charge in [0.15, 0.2) is 0 Å². The van der Waals surface area contributed by atoms with Crippen molar-refractivity contribution < 1.29 is 4.79 Å². The highest BCUT2D eigenvalue weighted by Crippen LogP contribution is 2.24. The Kier molecular flexibility index (Phi) is 7.67. The zero-order valence-electron chi connectivity index (χ0n) is 14.6. The van der Waals surface area contributed by atoms with Crippen LogP contribution in [0.4, 0.5) is 0 Å². The minimum atomic E-state index is 0.261. The minimum absolute atomic E-state index is 0.261. The molecule has 1 unspecified atom stereocenters. The van der Waals surface area contributed by atoms with Crippen LogP contribution in [0, 0.1) is 17.8 Å². The van der Waals surface area contributed by atoms with Crippen molar-refractivity contribution >= 4 is 5.91 Å². The SMILES string of the molecule is CCN1CCC(CCNC(=O)CC(C)C2CCNCC2)CC1. The van der Waals surface area contributed by atoms with Gasteiger partial charge in [-0.25, -0.2) is 0 Å². The molecule has 2 rings (SSSR count). The average Bonchev–Trinajstić information content (AvgIpc) is 2.56. The topological polar surface area (TPSA) is 44.4 Å². The third-order valence-corrected chi connectivity index (χ3v) is 5.73. The van der Waals surface area contributed by atoms with Crippen LogP contribution in [0.2, 0.25) is 0 Å². The van der Waals surface area contributed by atoms with Crippen molar-refractivity contribution in [2.75, 3.05) is 39.3 Å². The Morgan fingerprint density at radius 1 is 1.23 bits per heavy atom. The van der Waals surface area contributed by atoms with E-state index in [-0.39, 0.29) is 5.91 Å². The molecule has 0 radical (unpaired) electrons. The number of rotatable bonds is 7. The molecule has 0 aliphatic carbocycles. The monoisotopic (exact) mass is 309 g/mol. The van der Waals surface area contributed by atoms with Crippen LogP contribution in [0.3, 0.4) is 0 Å². The first-order valence-electron chi connectivity index (χ1n) is 9.38. The van der Waals surface area contributed by atoms with E-state index in [9.17, 15) is 4.79 Å². The van der Waals surface area contributed by atoms with Crippen LogP contribution in [0.15, 0.2) is 0 Å². The molecule has 2 N–H and O–H groups in total. The van der Waals surface area contributed by atoms with E-state index >= 15 is 0 Å². The van der Waals surface area contributed by atoms with Crippen molar-refractivity contribution in [2.24, 2.45) is 17.8 Å². The maximum absolute atomic E-state index is 12.1. The van der Waals surface area contributed by atoms with E-state index < -0.39 is 0 Å². The maximum atomic E-state index is 12.1. The summed E-state index contributed by atoms with van der Waals surface area (Å²) in [5.74, 6) is 2.32. The highest BCUT2D eigenvalue weighted by Gasteiger charge is 2.22. The molecule has 2 fully saturated rings. The summed E-state index contributed by atoms with van der Waals surface area (Å²) in [6, 6.07) is 0. The molecule has 0 spiro atoms. The van der Waals surface area contributed by atoms with Gasteiger partial charge >= 0.3 is 0 Å². The molecule has 1 amide bonds. The van der Waals surface area contributed by atoms with Gasteiger partial charge in [0.25, 0.3) is 0 Å². The molecule has 4 nitrogen and oxygen atoms in total. The quantitative estimate of drug-likeness (QED) is 0.758. The smallest absolute Gasteiger partial charge is 0.220 e. The van der Waals surface area contributed by atoms with Crippen molar-refractivity contribution in [2.45, 2.75) is 52.4 Å². The second-order valence-corrected chi connectivity index (χ2v) is 7.29. The molecule has 0 aromatic carbocycles. The second-order valence-electron chi connectivity index (χ2n) is 7.29. The van der Waals surface area contributed by atoms with Gasteiger partial charge in [-0.1, -0.05) is 13.8 Å². The number of piperidine rings is 2. The van der Waals surface area contributed by atoms with Crippen molar-refractivity contribution in [1.29, 1.82) is 0 Å². The number of amides is 1. The Labute approximate surface area is 136 Å². The van der Waals surface area contributed by atoms with Crippen LogP contribution in [0.5, 0.6) is 0 Å². The Bertz CT molecular complexity index is 320. The first-order valence-corrected chi connectivity index (χ1v) is 9.38. The van der Waals surface area contributed by atoms with Gasteiger partial charge in [0, 0.05) is 13.0 Å². The van der Waals surface area contributed by atoms with Gasteiger partial charge in [-0.05, 0) is 82.6 Å². The van der Waals surface area contributed by atoms with Gasteiger partial charge in [0.2, 0.25) is 5.91 Å². The van der Waals surface area contributed by atoms with Gasteiger partial charge in [-0.15, -0.1) is 0 Å².